The summed E-state index contributed by atoms with van der Waals surface area (Å²) < 4.78 is 0. The van der Waals surface area contributed by atoms with Gasteiger partial charge in [0.15, 0.2) is 0 Å². The van der Waals surface area contributed by atoms with Gasteiger partial charge in [-0.2, -0.15) is 0 Å². The quantitative estimate of drug-likeness (QED) is 0.781. The highest BCUT2D eigenvalue weighted by Crippen LogP contribution is 2.27. The van der Waals surface area contributed by atoms with Crippen LogP contribution in [0.3, 0.4) is 0 Å². The van der Waals surface area contributed by atoms with Crippen LogP contribution in [0.25, 0.3) is 0 Å². The smallest absolute Gasteiger partial charge is 0.234 e. The zero-order valence-corrected chi connectivity index (χ0v) is 12.2. The fourth-order valence-electron chi connectivity index (χ4n) is 2.78. The summed E-state index contributed by atoms with van der Waals surface area (Å²) in [6.07, 6.45) is 8.93. The molecule has 0 aromatic heterocycles. The van der Waals surface area contributed by atoms with Gasteiger partial charge in [0.05, 0.1) is 6.54 Å². The SMILES string of the molecule is CCC1CCCC(NC(=O)CNCC2CC2)C1.Cl. The maximum absolute atomic E-state index is 11.7. The number of amides is 1. The van der Waals surface area contributed by atoms with Gasteiger partial charge in [-0.3, -0.25) is 4.79 Å². The highest BCUT2D eigenvalue weighted by Gasteiger charge is 2.23. The molecular weight excluding hydrogens is 248 g/mol. The van der Waals surface area contributed by atoms with E-state index in [1.807, 2.05) is 0 Å². The lowest BCUT2D eigenvalue weighted by Crippen LogP contribution is -2.42. The number of carbonyl (C=O) groups excluding carboxylic acids is 1. The Kier molecular flexibility index (Phi) is 7.02. The van der Waals surface area contributed by atoms with Crippen molar-refractivity contribution in [3.8, 4) is 0 Å². The summed E-state index contributed by atoms with van der Waals surface area (Å²) in [5, 5.41) is 6.43. The molecule has 0 saturated heterocycles. The van der Waals surface area contributed by atoms with Crippen LogP contribution in [0.5, 0.6) is 0 Å². The Hall–Kier alpha value is -0.280. The van der Waals surface area contributed by atoms with E-state index in [0.29, 0.717) is 12.6 Å². The number of hydrogen-bond acceptors (Lipinski definition) is 2. The van der Waals surface area contributed by atoms with Gasteiger partial charge >= 0.3 is 0 Å². The molecule has 0 aromatic carbocycles. The average molecular weight is 275 g/mol. The van der Waals surface area contributed by atoms with Crippen molar-refractivity contribution in [1.82, 2.24) is 10.6 Å². The Bertz CT molecular complexity index is 256. The summed E-state index contributed by atoms with van der Waals surface area (Å²) in [6.45, 7) is 3.78. The van der Waals surface area contributed by atoms with E-state index < -0.39 is 0 Å². The summed E-state index contributed by atoms with van der Waals surface area (Å²) in [5.74, 6) is 1.86. The molecule has 1 amide bonds. The van der Waals surface area contributed by atoms with Gasteiger partial charge in [0.25, 0.3) is 0 Å². The molecule has 2 fully saturated rings. The second-order valence-corrected chi connectivity index (χ2v) is 5.78. The minimum absolute atomic E-state index is 0. The molecule has 2 atom stereocenters. The first-order valence-corrected chi connectivity index (χ1v) is 7.28. The van der Waals surface area contributed by atoms with E-state index in [2.05, 4.69) is 17.6 Å². The predicted molar refractivity (Wildman–Crippen MR) is 77.0 cm³/mol. The van der Waals surface area contributed by atoms with Crippen LogP contribution in [0.15, 0.2) is 0 Å². The second-order valence-electron chi connectivity index (χ2n) is 5.78. The summed E-state index contributed by atoms with van der Waals surface area (Å²) in [4.78, 5) is 11.7. The molecule has 2 N–H and O–H groups in total. The zero-order chi connectivity index (χ0) is 12.1. The Morgan fingerprint density at radius 1 is 1.17 bits per heavy atom. The first kappa shape index (κ1) is 15.8. The van der Waals surface area contributed by atoms with Crippen molar-refractivity contribution in [2.75, 3.05) is 13.1 Å². The normalized spacial score (nSPS) is 27.4. The third-order valence-corrected chi connectivity index (χ3v) is 4.14. The van der Waals surface area contributed by atoms with Crippen molar-refractivity contribution < 1.29 is 4.79 Å². The van der Waals surface area contributed by atoms with Crippen LogP contribution >= 0.6 is 12.4 Å². The van der Waals surface area contributed by atoms with Crippen molar-refractivity contribution in [3.05, 3.63) is 0 Å². The summed E-state index contributed by atoms with van der Waals surface area (Å²) in [7, 11) is 0. The maximum Gasteiger partial charge on any atom is 0.234 e. The monoisotopic (exact) mass is 274 g/mol. The molecule has 2 rings (SSSR count). The highest BCUT2D eigenvalue weighted by molar-refractivity contribution is 5.85. The Labute approximate surface area is 117 Å². The zero-order valence-electron chi connectivity index (χ0n) is 11.4. The molecule has 0 bridgehead atoms. The Morgan fingerprint density at radius 2 is 1.94 bits per heavy atom. The molecule has 106 valence electrons. The van der Waals surface area contributed by atoms with Crippen molar-refractivity contribution in [2.45, 2.75) is 57.9 Å². The minimum atomic E-state index is 0. The van der Waals surface area contributed by atoms with Crippen LogP contribution < -0.4 is 10.6 Å². The first-order chi connectivity index (χ1) is 8.28. The van der Waals surface area contributed by atoms with Crippen LogP contribution in [-0.2, 0) is 4.79 Å². The maximum atomic E-state index is 11.7. The molecule has 0 radical (unpaired) electrons. The average Bonchev–Trinajstić information content (AvgIpc) is 3.13. The van der Waals surface area contributed by atoms with E-state index in [-0.39, 0.29) is 18.3 Å². The molecule has 0 spiro atoms. The molecule has 2 aliphatic carbocycles. The molecular formula is C14H27ClN2O. The van der Waals surface area contributed by atoms with Crippen LogP contribution in [-0.4, -0.2) is 25.0 Å². The van der Waals surface area contributed by atoms with Crippen molar-refractivity contribution in [2.24, 2.45) is 11.8 Å². The van der Waals surface area contributed by atoms with Gasteiger partial charge in [-0.25, -0.2) is 0 Å². The lowest BCUT2D eigenvalue weighted by atomic mass is 9.84. The van der Waals surface area contributed by atoms with E-state index in [1.54, 1.807) is 0 Å². The van der Waals surface area contributed by atoms with Gasteiger partial charge in [0, 0.05) is 6.04 Å². The van der Waals surface area contributed by atoms with E-state index >= 15 is 0 Å². The van der Waals surface area contributed by atoms with E-state index in [4.69, 9.17) is 0 Å². The van der Waals surface area contributed by atoms with Crippen molar-refractivity contribution in [1.29, 1.82) is 0 Å². The Morgan fingerprint density at radius 3 is 2.61 bits per heavy atom. The number of nitrogens with one attached hydrogen (secondary N) is 2. The largest absolute Gasteiger partial charge is 0.352 e. The van der Waals surface area contributed by atoms with Crippen LogP contribution in [0, 0.1) is 11.8 Å². The second kappa shape index (κ2) is 8.00. The van der Waals surface area contributed by atoms with Crippen LogP contribution in [0.1, 0.15) is 51.9 Å². The molecule has 4 heteroatoms. The van der Waals surface area contributed by atoms with Crippen molar-refractivity contribution >= 4 is 18.3 Å². The minimum Gasteiger partial charge on any atom is -0.352 e. The van der Waals surface area contributed by atoms with E-state index in [0.717, 1.165) is 18.4 Å². The standard InChI is InChI=1S/C14H26N2O.ClH/c1-2-11-4-3-5-13(8-11)16-14(17)10-15-9-12-6-7-12;/h11-13,15H,2-10H2,1H3,(H,16,17);1H. The number of halogens is 1. The lowest BCUT2D eigenvalue weighted by Gasteiger charge is -2.29. The van der Waals surface area contributed by atoms with Gasteiger partial charge in [0.2, 0.25) is 5.91 Å². The Balaban J connectivity index is 0.00000162. The molecule has 0 heterocycles. The first-order valence-electron chi connectivity index (χ1n) is 7.28. The summed E-state index contributed by atoms with van der Waals surface area (Å²) >= 11 is 0. The third kappa shape index (κ3) is 5.57. The molecule has 2 saturated carbocycles. The summed E-state index contributed by atoms with van der Waals surface area (Å²) in [5.41, 5.74) is 0. The van der Waals surface area contributed by atoms with Gasteiger partial charge < -0.3 is 10.6 Å². The molecule has 2 unspecified atom stereocenters. The van der Waals surface area contributed by atoms with Crippen LogP contribution in [0.4, 0.5) is 0 Å². The van der Waals surface area contributed by atoms with Gasteiger partial charge in [-0.1, -0.05) is 26.2 Å². The number of hydrogen-bond donors (Lipinski definition) is 2. The molecule has 0 aromatic rings. The fraction of sp³-hybridized carbons (Fsp3) is 0.929. The van der Waals surface area contributed by atoms with E-state index in [1.165, 1.54) is 44.9 Å². The van der Waals surface area contributed by atoms with Gasteiger partial charge in [-0.15, -0.1) is 12.4 Å². The van der Waals surface area contributed by atoms with Gasteiger partial charge in [-0.05, 0) is 44.1 Å². The topological polar surface area (TPSA) is 41.1 Å². The van der Waals surface area contributed by atoms with Gasteiger partial charge in [0.1, 0.15) is 0 Å². The molecule has 18 heavy (non-hydrogen) atoms. The number of carbonyl (C=O) groups is 1. The summed E-state index contributed by atoms with van der Waals surface area (Å²) in [6, 6.07) is 0.434. The molecule has 2 aliphatic rings. The molecule has 0 aliphatic heterocycles. The van der Waals surface area contributed by atoms with Crippen LogP contribution in [0.2, 0.25) is 0 Å². The molecule has 3 nitrogen and oxygen atoms in total. The third-order valence-electron chi connectivity index (χ3n) is 4.14. The lowest BCUT2D eigenvalue weighted by molar-refractivity contribution is -0.121. The number of rotatable bonds is 6. The van der Waals surface area contributed by atoms with Crippen molar-refractivity contribution in [3.63, 3.8) is 0 Å². The highest BCUT2D eigenvalue weighted by atomic mass is 35.5. The fourth-order valence-corrected chi connectivity index (χ4v) is 2.78. The predicted octanol–water partition coefficient (Wildman–Crippen LogP) is 2.49. The van der Waals surface area contributed by atoms with E-state index in [9.17, 15) is 4.79 Å².